The Labute approximate surface area is 160 Å². The molecule has 0 N–H and O–H groups in total. The Balaban J connectivity index is 1.73. The van der Waals surface area contributed by atoms with Gasteiger partial charge in [-0.3, -0.25) is 0 Å². The van der Waals surface area contributed by atoms with Crippen LogP contribution in [-0.4, -0.2) is 31.1 Å². The number of methoxy groups -OCH3 is 2. The van der Waals surface area contributed by atoms with Crippen molar-refractivity contribution in [3.63, 3.8) is 0 Å². The lowest BCUT2D eigenvalue weighted by atomic mass is 10.1. The van der Waals surface area contributed by atoms with Gasteiger partial charge < -0.3 is 14.2 Å². The molecule has 0 aliphatic rings. The molecule has 0 saturated carbocycles. The van der Waals surface area contributed by atoms with E-state index in [0.717, 1.165) is 5.39 Å². The highest BCUT2D eigenvalue weighted by Gasteiger charge is 2.12. The molecule has 0 spiro atoms. The van der Waals surface area contributed by atoms with Gasteiger partial charge in [-0.05, 0) is 42.5 Å². The fraction of sp³-hybridized carbons (Fsp3) is 0.150. The Kier molecular flexibility index (Phi) is 5.57. The second-order valence-corrected chi connectivity index (χ2v) is 6.00. The van der Waals surface area contributed by atoms with Crippen LogP contribution in [0, 0.1) is 0 Å². The van der Waals surface area contributed by atoms with Crippen molar-refractivity contribution in [1.82, 2.24) is 4.98 Å². The van der Waals surface area contributed by atoms with Gasteiger partial charge in [-0.2, -0.15) is 0 Å². The van der Waals surface area contributed by atoms with Gasteiger partial charge in [0.05, 0.1) is 30.9 Å². The van der Waals surface area contributed by atoms with Crippen LogP contribution in [0.15, 0.2) is 48.5 Å². The van der Waals surface area contributed by atoms with E-state index in [9.17, 15) is 9.59 Å². The average molecular weight is 386 g/mol. The summed E-state index contributed by atoms with van der Waals surface area (Å²) in [5.41, 5.74) is 1.95. The Morgan fingerprint density at radius 1 is 0.963 bits per heavy atom. The maximum Gasteiger partial charge on any atom is 0.338 e. The fourth-order valence-corrected chi connectivity index (χ4v) is 2.68. The number of ether oxygens (including phenoxy) is 3. The highest BCUT2D eigenvalue weighted by molar-refractivity contribution is 6.30. The summed E-state index contributed by atoms with van der Waals surface area (Å²) < 4.78 is 15.1. The van der Waals surface area contributed by atoms with E-state index in [-0.39, 0.29) is 11.8 Å². The number of carbonyl (C=O) groups is 2. The van der Waals surface area contributed by atoms with Crippen LogP contribution in [0.5, 0.6) is 5.75 Å². The summed E-state index contributed by atoms with van der Waals surface area (Å²) in [7, 11) is 2.87. The molecular formula is C20H16ClNO5. The normalized spacial score (nSPS) is 10.5. The van der Waals surface area contributed by atoms with E-state index in [1.165, 1.54) is 31.4 Å². The lowest BCUT2D eigenvalue weighted by Gasteiger charge is -2.09. The maximum atomic E-state index is 12.2. The Morgan fingerprint density at radius 3 is 2.26 bits per heavy atom. The number of rotatable bonds is 5. The molecule has 0 aliphatic carbocycles. The molecule has 1 aromatic heterocycles. The number of carbonyl (C=O) groups excluding carboxylic acids is 2. The number of esters is 2. The van der Waals surface area contributed by atoms with Gasteiger partial charge in [-0.25, -0.2) is 14.6 Å². The molecule has 0 atom stereocenters. The number of fused-ring (bicyclic) bond motifs is 1. The van der Waals surface area contributed by atoms with Gasteiger partial charge in [0.2, 0.25) is 0 Å². The number of aromatic nitrogens is 1. The smallest absolute Gasteiger partial charge is 0.338 e. The molecule has 0 radical (unpaired) electrons. The predicted octanol–water partition coefficient (Wildman–Crippen LogP) is 4.04. The summed E-state index contributed by atoms with van der Waals surface area (Å²) in [6.45, 7) is -0.0224. The molecule has 27 heavy (non-hydrogen) atoms. The number of halogens is 1. The lowest BCUT2D eigenvalue weighted by Crippen LogP contribution is -2.07. The van der Waals surface area contributed by atoms with Crippen molar-refractivity contribution >= 4 is 34.4 Å². The summed E-state index contributed by atoms with van der Waals surface area (Å²) >= 11 is 6.21. The minimum Gasteiger partial charge on any atom is -0.497 e. The second kappa shape index (κ2) is 8.05. The average Bonchev–Trinajstić information content (AvgIpc) is 2.71. The molecular weight excluding hydrogens is 370 g/mol. The standard InChI is InChI=1S/C20H16ClNO5/c1-25-16-8-7-14-9-15(18(21)22-17(14)10-16)11-27-20(24)13-5-3-12(4-6-13)19(23)26-2/h3-10H,11H2,1-2H3. The zero-order chi connectivity index (χ0) is 19.4. The molecule has 0 fully saturated rings. The van der Waals surface area contributed by atoms with Crippen molar-refractivity contribution in [2.24, 2.45) is 0 Å². The first-order chi connectivity index (χ1) is 13.0. The van der Waals surface area contributed by atoms with Crippen LogP contribution in [0.4, 0.5) is 0 Å². The zero-order valence-electron chi connectivity index (χ0n) is 14.7. The van der Waals surface area contributed by atoms with E-state index >= 15 is 0 Å². The topological polar surface area (TPSA) is 74.7 Å². The van der Waals surface area contributed by atoms with Crippen LogP contribution in [0.25, 0.3) is 10.9 Å². The lowest BCUT2D eigenvalue weighted by molar-refractivity contribution is 0.0471. The third kappa shape index (κ3) is 4.17. The summed E-state index contributed by atoms with van der Waals surface area (Å²) in [5, 5.41) is 1.11. The zero-order valence-corrected chi connectivity index (χ0v) is 15.4. The van der Waals surface area contributed by atoms with E-state index in [1.807, 2.05) is 18.2 Å². The maximum absolute atomic E-state index is 12.2. The van der Waals surface area contributed by atoms with E-state index < -0.39 is 11.9 Å². The van der Waals surface area contributed by atoms with Crippen LogP contribution in [0.3, 0.4) is 0 Å². The molecule has 138 valence electrons. The van der Waals surface area contributed by atoms with Crippen molar-refractivity contribution in [3.05, 3.63) is 70.4 Å². The predicted molar refractivity (Wildman–Crippen MR) is 100 cm³/mol. The SMILES string of the molecule is COC(=O)c1ccc(C(=O)OCc2cc3ccc(OC)cc3nc2Cl)cc1. The third-order valence-electron chi connectivity index (χ3n) is 3.95. The van der Waals surface area contributed by atoms with Gasteiger partial charge in [0.15, 0.2) is 0 Å². The van der Waals surface area contributed by atoms with E-state index in [2.05, 4.69) is 9.72 Å². The molecule has 0 amide bonds. The number of nitrogens with zero attached hydrogens (tertiary/aromatic N) is 1. The first-order valence-electron chi connectivity index (χ1n) is 8.00. The van der Waals surface area contributed by atoms with Crippen molar-refractivity contribution < 1.29 is 23.8 Å². The summed E-state index contributed by atoms with van der Waals surface area (Å²) in [6, 6.07) is 13.3. The molecule has 7 heteroatoms. The fourth-order valence-electron chi connectivity index (χ4n) is 2.48. The number of hydrogen-bond donors (Lipinski definition) is 0. The van der Waals surface area contributed by atoms with Crippen LogP contribution < -0.4 is 4.74 Å². The molecule has 2 aromatic carbocycles. The first-order valence-corrected chi connectivity index (χ1v) is 8.38. The van der Waals surface area contributed by atoms with Crippen molar-refractivity contribution in [3.8, 4) is 5.75 Å². The molecule has 0 unspecified atom stereocenters. The largest absolute Gasteiger partial charge is 0.497 e. The minimum absolute atomic E-state index is 0.0224. The highest BCUT2D eigenvalue weighted by atomic mass is 35.5. The Bertz CT molecular complexity index is 1000. The molecule has 3 aromatic rings. The third-order valence-corrected chi connectivity index (χ3v) is 4.28. The van der Waals surface area contributed by atoms with Gasteiger partial charge in [-0.1, -0.05) is 11.6 Å². The number of hydrogen-bond acceptors (Lipinski definition) is 6. The summed E-state index contributed by atoms with van der Waals surface area (Å²) in [4.78, 5) is 27.9. The monoisotopic (exact) mass is 385 g/mol. The minimum atomic E-state index is -0.530. The highest BCUT2D eigenvalue weighted by Crippen LogP contribution is 2.25. The van der Waals surface area contributed by atoms with Crippen LogP contribution in [0.2, 0.25) is 5.15 Å². The molecule has 3 rings (SSSR count). The van der Waals surface area contributed by atoms with Gasteiger partial charge >= 0.3 is 11.9 Å². The molecule has 1 heterocycles. The van der Waals surface area contributed by atoms with E-state index in [1.54, 1.807) is 13.2 Å². The molecule has 0 saturated heterocycles. The summed E-state index contributed by atoms with van der Waals surface area (Å²) in [5.74, 6) is -0.321. The van der Waals surface area contributed by atoms with Crippen molar-refractivity contribution in [2.45, 2.75) is 6.61 Å². The van der Waals surface area contributed by atoms with Crippen molar-refractivity contribution in [1.29, 1.82) is 0 Å². The van der Waals surface area contributed by atoms with Crippen LogP contribution in [-0.2, 0) is 16.1 Å². The van der Waals surface area contributed by atoms with Gasteiger partial charge in [0, 0.05) is 17.0 Å². The number of pyridine rings is 1. The van der Waals surface area contributed by atoms with E-state index in [4.69, 9.17) is 21.1 Å². The number of benzene rings is 2. The van der Waals surface area contributed by atoms with Gasteiger partial charge in [0.25, 0.3) is 0 Å². The Morgan fingerprint density at radius 2 is 1.63 bits per heavy atom. The Hall–Kier alpha value is -3.12. The summed E-state index contributed by atoms with van der Waals surface area (Å²) in [6.07, 6.45) is 0. The van der Waals surface area contributed by atoms with E-state index in [0.29, 0.717) is 28.0 Å². The molecule has 0 aliphatic heterocycles. The van der Waals surface area contributed by atoms with Gasteiger partial charge in [0.1, 0.15) is 17.5 Å². The second-order valence-electron chi connectivity index (χ2n) is 5.64. The van der Waals surface area contributed by atoms with Gasteiger partial charge in [-0.15, -0.1) is 0 Å². The molecule has 0 bridgehead atoms. The quantitative estimate of drug-likeness (QED) is 0.487. The van der Waals surface area contributed by atoms with Crippen LogP contribution in [0.1, 0.15) is 26.3 Å². The van der Waals surface area contributed by atoms with Crippen molar-refractivity contribution in [2.75, 3.05) is 14.2 Å². The molecule has 6 nitrogen and oxygen atoms in total. The van der Waals surface area contributed by atoms with Crippen LogP contribution >= 0.6 is 11.6 Å². The first kappa shape index (κ1) is 18.7.